The highest BCUT2D eigenvalue weighted by atomic mass is 32.2. The molecule has 0 bridgehead atoms. The van der Waals surface area contributed by atoms with Crippen LogP contribution in [0.1, 0.15) is 39.2 Å². The molecule has 9 heteroatoms. The number of hydrogen-bond donors (Lipinski definition) is 0. The molecule has 5 nitrogen and oxygen atoms in total. The van der Waals surface area contributed by atoms with Crippen LogP contribution in [0.15, 0.2) is 29.2 Å². The van der Waals surface area contributed by atoms with E-state index in [1.807, 2.05) is 0 Å². The Balaban J connectivity index is 1.95. The molecule has 2 rings (SSSR count). The Morgan fingerprint density at radius 3 is 2.07 bits per heavy atom. The molecule has 1 amide bonds. The van der Waals surface area contributed by atoms with E-state index in [2.05, 4.69) is 0 Å². The molecule has 0 aliphatic carbocycles. The van der Waals surface area contributed by atoms with E-state index in [9.17, 15) is 26.4 Å². The quantitative estimate of drug-likeness (QED) is 0.756. The number of rotatable bonds is 3. The normalized spacial score (nSPS) is 17.0. The molecular formula is C18H24F3NO4S. The van der Waals surface area contributed by atoms with Gasteiger partial charge in [0.2, 0.25) is 0 Å². The lowest BCUT2D eigenvalue weighted by molar-refractivity contribution is -0.137. The zero-order valence-corrected chi connectivity index (χ0v) is 16.4. The zero-order valence-electron chi connectivity index (χ0n) is 15.5. The number of alkyl halides is 3. The third-order valence-corrected chi connectivity index (χ3v) is 6.16. The Labute approximate surface area is 157 Å². The molecule has 1 fully saturated rings. The predicted molar refractivity (Wildman–Crippen MR) is 94.0 cm³/mol. The van der Waals surface area contributed by atoms with Gasteiger partial charge in [0, 0.05) is 13.1 Å². The molecule has 1 aliphatic heterocycles. The smallest absolute Gasteiger partial charge is 0.416 e. The SMILES string of the molecule is CC(C)(C)OC(=O)N1CCC(CS(=O)(=O)c2ccc(C(F)(F)F)cc2)CC1. The fourth-order valence-electron chi connectivity index (χ4n) is 2.87. The van der Waals surface area contributed by atoms with Crippen LogP contribution >= 0.6 is 0 Å². The minimum atomic E-state index is -4.50. The van der Waals surface area contributed by atoms with Gasteiger partial charge in [0.1, 0.15) is 5.60 Å². The fraction of sp³-hybridized carbons (Fsp3) is 0.611. The summed E-state index contributed by atoms with van der Waals surface area (Å²) in [6.45, 7) is 6.10. The zero-order chi connectivity index (χ0) is 20.5. The fourth-order valence-corrected chi connectivity index (χ4v) is 4.56. The summed E-state index contributed by atoms with van der Waals surface area (Å²) < 4.78 is 68.1. The number of piperidine rings is 1. The van der Waals surface area contributed by atoms with E-state index in [1.165, 1.54) is 0 Å². The van der Waals surface area contributed by atoms with Crippen LogP contribution in [0.5, 0.6) is 0 Å². The van der Waals surface area contributed by atoms with Crippen LogP contribution in [-0.4, -0.2) is 43.9 Å². The lowest BCUT2D eigenvalue weighted by Crippen LogP contribution is -2.42. The van der Waals surface area contributed by atoms with Gasteiger partial charge < -0.3 is 9.64 Å². The molecule has 152 valence electrons. The van der Waals surface area contributed by atoms with Crippen LogP contribution in [0.4, 0.5) is 18.0 Å². The molecule has 1 aliphatic rings. The Kier molecular flexibility index (Phi) is 6.13. The summed E-state index contributed by atoms with van der Waals surface area (Å²) in [7, 11) is -3.69. The number of halogens is 3. The van der Waals surface area contributed by atoms with Crippen molar-refractivity contribution < 1.29 is 31.1 Å². The Morgan fingerprint density at radius 2 is 1.63 bits per heavy atom. The van der Waals surface area contributed by atoms with E-state index in [-0.39, 0.29) is 16.6 Å². The molecule has 0 atom stereocenters. The van der Waals surface area contributed by atoms with Crippen molar-refractivity contribution in [3.05, 3.63) is 29.8 Å². The maximum atomic E-state index is 12.6. The van der Waals surface area contributed by atoms with Gasteiger partial charge in [0.25, 0.3) is 0 Å². The van der Waals surface area contributed by atoms with Crippen LogP contribution in [0.25, 0.3) is 0 Å². The van der Waals surface area contributed by atoms with Gasteiger partial charge in [-0.1, -0.05) is 0 Å². The van der Waals surface area contributed by atoms with Crippen molar-refractivity contribution in [3.8, 4) is 0 Å². The summed E-state index contributed by atoms with van der Waals surface area (Å²) >= 11 is 0. The van der Waals surface area contributed by atoms with Crippen molar-refractivity contribution in [2.45, 2.75) is 50.3 Å². The van der Waals surface area contributed by atoms with E-state index < -0.39 is 33.3 Å². The molecule has 1 aromatic carbocycles. The second-order valence-corrected chi connectivity index (χ2v) is 9.75. The van der Waals surface area contributed by atoms with Crippen molar-refractivity contribution in [2.24, 2.45) is 5.92 Å². The van der Waals surface area contributed by atoms with Crippen molar-refractivity contribution in [3.63, 3.8) is 0 Å². The van der Waals surface area contributed by atoms with E-state index in [0.717, 1.165) is 24.3 Å². The first-order chi connectivity index (χ1) is 12.3. The molecule has 0 saturated carbocycles. The van der Waals surface area contributed by atoms with E-state index in [4.69, 9.17) is 4.74 Å². The number of nitrogens with zero attached hydrogens (tertiary/aromatic N) is 1. The van der Waals surface area contributed by atoms with Gasteiger partial charge in [-0.2, -0.15) is 13.2 Å². The number of hydrogen-bond acceptors (Lipinski definition) is 4. The monoisotopic (exact) mass is 407 g/mol. The highest BCUT2D eigenvalue weighted by molar-refractivity contribution is 7.91. The number of benzene rings is 1. The van der Waals surface area contributed by atoms with E-state index >= 15 is 0 Å². The summed E-state index contributed by atoms with van der Waals surface area (Å²) in [6, 6.07) is 3.54. The first kappa shape index (κ1) is 21.5. The summed E-state index contributed by atoms with van der Waals surface area (Å²) in [4.78, 5) is 13.5. The molecule has 0 spiro atoms. The average Bonchev–Trinajstić information content (AvgIpc) is 2.53. The lowest BCUT2D eigenvalue weighted by atomic mass is 9.99. The number of carbonyl (C=O) groups is 1. The summed E-state index contributed by atoms with van der Waals surface area (Å²) in [5.74, 6) is -0.309. The molecule has 0 N–H and O–H groups in total. The van der Waals surface area contributed by atoms with Crippen LogP contribution in [0.3, 0.4) is 0 Å². The molecule has 1 aromatic rings. The molecule has 27 heavy (non-hydrogen) atoms. The third kappa shape index (κ3) is 6.12. The van der Waals surface area contributed by atoms with Gasteiger partial charge in [0.05, 0.1) is 16.2 Å². The number of amides is 1. The highest BCUT2D eigenvalue weighted by Crippen LogP contribution is 2.30. The third-order valence-electron chi connectivity index (χ3n) is 4.26. The predicted octanol–water partition coefficient (Wildman–Crippen LogP) is 4.13. The largest absolute Gasteiger partial charge is 0.444 e. The average molecular weight is 407 g/mol. The van der Waals surface area contributed by atoms with Gasteiger partial charge in [0.15, 0.2) is 9.84 Å². The first-order valence-corrected chi connectivity index (χ1v) is 10.3. The maximum absolute atomic E-state index is 12.6. The van der Waals surface area contributed by atoms with Gasteiger partial charge >= 0.3 is 12.3 Å². The van der Waals surface area contributed by atoms with Crippen LogP contribution < -0.4 is 0 Å². The number of sulfone groups is 1. The standard InChI is InChI=1S/C18H24F3NO4S/c1-17(2,3)26-16(23)22-10-8-13(9-11-22)12-27(24,25)15-6-4-14(5-7-15)18(19,20)21/h4-7,13H,8-12H2,1-3H3. The second kappa shape index (κ2) is 7.69. The number of ether oxygens (including phenoxy) is 1. The van der Waals surface area contributed by atoms with Gasteiger partial charge in [-0.3, -0.25) is 0 Å². The number of likely N-dealkylation sites (tertiary alicyclic amines) is 1. The summed E-state index contributed by atoms with van der Waals surface area (Å²) in [5.41, 5.74) is -1.48. The van der Waals surface area contributed by atoms with Gasteiger partial charge in [-0.15, -0.1) is 0 Å². The lowest BCUT2D eigenvalue weighted by Gasteiger charge is -2.33. The molecular weight excluding hydrogens is 383 g/mol. The topological polar surface area (TPSA) is 63.7 Å². The molecule has 0 aromatic heterocycles. The summed E-state index contributed by atoms with van der Waals surface area (Å²) in [6.07, 6.45) is -3.93. The first-order valence-electron chi connectivity index (χ1n) is 8.66. The van der Waals surface area contributed by atoms with Crippen molar-refractivity contribution in [1.29, 1.82) is 0 Å². The van der Waals surface area contributed by atoms with Crippen LogP contribution in [0, 0.1) is 5.92 Å². The molecule has 1 heterocycles. The second-order valence-electron chi connectivity index (χ2n) is 7.71. The van der Waals surface area contributed by atoms with Crippen molar-refractivity contribution in [2.75, 3.05) is 18.8 Å². The van der Waals surface area contributed by atoms with Gasteiger partial charge in [-0.05, 0) is 63.8 Å². The maximum Gasteiger partial charge on any atom is 0.416 e. The number of carbonyl (C=O) groups excluding carboxylic acids is 1. The Bertz CT molecular complexity index is 759. The molecule has 0 radical (unpaired) electrons. The van der Waals surface area contributed by atoms with Crippen LogP contribution in [-0.2, 0) is 20.8 Å². The van der Waals surface area contributed by atoms with E-state index in [0.29, 0.717) is 25.9 Å². The molecule has 0 unspecified atom stereocenters. The Morgan fingerprint density at radius 1 is 1.11 bits per heavy atom. The molecule has 1 saturated heterocycles. The van der Waals surface area contributed by atoms with Crippen molar-refractivity contribution >= 4 is 15.9 Å². The Hall–Kier alpha value is -1.77. The minimum absolute atomic E-state index is 0.120. The van der Waals surface area contributed by atoms with E-state index in [1.54, 1.807) is 25.7 Å². The summed E-state index contributed by atoms with van der Waals surface area (Å²) in [5, 5.41) is 0. The van der Waals surface area contributed by atoms with Crippen LogP contribution in [0.2, 0.25) is 0 Å². The van der Waals surface area contributed by atoms with Crippen molar-refractivity contribution in [1.82, 2.24) is 4.90 Å². The highest BCUT2D eigenvalue weighted by Gasteiger charge is 2.32. The van der Waals surface area contributed by atoms with Gasteiger partial charge in [-0.25, -0.2) is 13.2 Å². The minimum Gasteiger partial charge on any atom is -0.444 e.